The molecule has 4 rings (SSSR count). The highest BCUT2D eigenvalue weighted by Crippen LogP contribution is 2.31. The van der Waals surface area contributed by atoms with Crippen LogP contribution in [0.5, 0.6) is 0 Å². The number of aromatic carboxylic acids is 1. The second-order valence-electron chi connectivity index (χ2n) is 5.55. The minimum absolute atomic E-state index is 0.206. The minimum Gasteiger partial charge on any atom is -0.478 e. The van der Waals surface area contributed by atoms with Crippen LogP contribution in [0.2, 0.25) is 0 Å². The second kappa shape index (κ2) is 6.14. The Kier molecular flexibility index (Phi) is 3.82. The molecule has 0 aliphatic heterocycles. The van der Waals surface area contributed by atoms with Crippen molar-refractivity contribution >= 4 is 55.1 Å². The monoisotopic (exact) mass is 393 g/mol. The number of fused-ring (bicyclic) bond motifs is 3. The summed E-state index contributed by atoms with van der Waals surface area (Å²) in [5.41, 5.74) is 1.71. The molecule has 0 saturated heterocycles. The topological polar surface area (TPSA) is 75.1 Å². The molecule has 122 valence electrons. The number of carbonyl (C=O) groups is 1. The number of carboxylic acids is 1. The fraction of sp³-hybridized carbons (Fsp3) is 0. The molecule has 2 aromatic carbocycles. The van der Waals surface area contributed by atoms with Crippen LogP contribution in [0.25, 0.3) is 21.7 Å². The number of benzene rings is 2. The molecule has 25 heavy (non-hydrogen) atoms. The highest BCUT2D eigenvalue weighted by atomic mass is 79.9. The summed E-state index contributed by atoms with van der Waals surface area (Å²) < 4.78 is 0.990. The Morgan fingerprint density at radius 3 is 2.56 bits per heavy atom. The maximum absolute atomic E-state index is 11.3. The van der Waals surface area contributed by atoms with Crippen molar-refractivity contribution in [2.75, 3.05) is 5.32 Å². The van der Waals surface area contributed by atoms with Gasteiger partial charge in [0.25, 0.3) is 0 Å². The molecule has 2 heterocycles. The molecular weight excluding hydrogens is 382 g/mol. The number of hydrogen-bond donors (Lipinski definition) is 2. The molecule has 0 aliphatic carbocycles. The predicted molar refractivity (Wildman–Crippen MR) is 101 cm³/mol. The average Bonchev–Trinajstić information content (AvgIpc) is 2.63. The van der Waals surface area contributed by atoms with Gasteiger partial charge in [-0.25, -0.2) is 9.78 Å². The molecule has 2 aromatic heterocycles. The van der Waals surface area contributed by atoms with E-state index in [0.29, 0.717) is 11.3 Å². The zero-order valence-electron chi connectivity index (χ0n) is 12.9. The first-order valence-electron chi connectivity index (χ1n) is 7.55. The number of anilines is 2. The van der Waals surface area contributed by atoms with Gasteiger partial charge in [0.2, 0.25) is 0 Å². The number of halogens is 1. The molecule has 0 fully saturated rings. The Morgan fingerprint density at radius 1 is 1.00 bits per heavy atom. The van der Waals surface area contributed by atoms with E-state index in [4.69, 9.17) is 0 Å². The van der Waals surface area contributed by atoms with Crippen molar-refractivity contribution in [2.24, 2.45) is 0 Å². The Balaban J connectivity index is 1.94. The lowest BCUT2D eigenvalue weighted by atomic mass is 10.1. The van der Waals surface area contributed by atoms with Crippen molar-refractivity contribution in [1.29, 1.82) is 0 Å². The molecule has 0 atom stereocenters. The van der Waals surface area contributed by atoms with Crippen molar-refractivity contribution in [3.63, 3.8) is 0 Å². The quantitative estimate of drug-likeness (QED) is 0.479. The minimum atomic E-state index is -0.975. The molecule has 0 aliphatic rings. The van der Waals surface area contributed by atoms with Gasteiger partial charge in [0, 0.05) is 38.7 Å². The Bertz CT molecular complexity index is 1110. The highest BCUT2D eigenvalue weighted by Gasteiger charge is 2.11. The van der Waals surface area contributed by atoms with Gasteiger partial charge in [0.15, 0.2) is 0 Å². The lowest BCUT2D eigenvalue weighted by Crippen LogP contribution is -1.99. The van der Waals surface area contributed by atoms with Gasteiger partial charge in [0.05, 0.1) is 11.1 Å². The molecule has 0 amide bonds. The molecule has 0 radical (unpaired) electrons. The van der Waals surface area contributed by atoms with Gasteiger partial charge < -0.3 is 10.4 Å². The van der Waals surface area contributed by atoms with E-state index in [0.717, 1.165) is 26.3 Å². The van der Waals surface area contributed by atoms with Crippen LogP contribution >= 0.6 is 15.9 Å². The number of hydrogen-bond acceptors (Lipinski definition) is 4. The van der Waals surface area contributed by atoms with Crippen molar-refractivity contribution in [3.8, 4) is 0 Å². The van der Waals surface area contributed by atoms with E-state index in [9.17, 15) is 9.90 Å². The van der Waals surface area contributed by atoms with Gasteiger partial charge in [0.1, 0.15) is 5.82 Å². The average molecular weight is 394 g/mol. The van der Waals surface area contributed by atoms with Gasteiger partial charge >= 0.3 is 5.97 Å². The molecule has 0 unspecified atom stereocenters. The zero-order chi connectivity index (χ0) is 17.4. The predicted octanol–water partition coefficient (Wildman–Crippen LogP) is 4.99. The summed E-state index contributed by atoms with van der Waals surface area (Å²) in [4.78, 5) is 20.1. The molecule has 0 spiro atoms. The Morgan fingerprint density at radius 2 is 1.80 bits per heavy atom. The second-order valence-corrected chi connectivity index (χ2v) is 6.47. The Labute approximate surface area is 151 Å². The van der Waals surface area contributed by atoms with Crippen molar-refractivity contribution < 1.29 is 9.90 Å². The smallest absolute Gasteiger partial charge is 0.335 e. The molecule has 0 bridgehead atoms. The number of nitrogens with one attached hydrogen (secondary N) is 1. The van der Waals surface area contributed by atoms with Crippen LogP contribution in [0, 0.1) is 0 Å². The lowest BCUT2D eigenvalue weighted by Gasteiger charge is -2.12. The van der Waals surface area contributed by atoms with Gasteiger partial charge in [-0.15, -0.1) is 0 Å². The molecule has 2 N–H and O–H groups in total. The fourth-order valence-electron chi connectivity index (χ4n) is 2.75. The third-order valence-corrected chi connectivity index (χ3v) is 4.48. The summed E-state index contributed by atoms with van der Waals surface area (Å²) in [6, 6.07) is 14.6. The normalized spacial score (nSPS) is 10.9. The SMILES string of the molecule is O=C(O)c1ccc2c(c1)nc(Nc1ccc(Br)cc1)c1ccncc12. The molecule has 4 aromatic rings. The summed E-state index contributed by atoms with van der Waals surface area (Å²) in [7, 11) is 0. The van der Waals surface area contributed by atoms with E-state index in [2.05, 4.69) is 31.2 Å². The van der Waals surface area contributed by atoms with E-state index >= 15 is 0 Å². The number of carboxylic acid groups (broad SMARTS) is 1. The van der Waals surface area contributed by atoms with E-state index in [1.807, 2.05) is 30.3 Å². The van der Waals surface area contributed by atoms with Crippen LogP contribution in [-0.2, 0) is 0 Å². The Hall–Kier alpha value is -2.99. The van der Waals surface area contributed by atoms with Crippen LogP contribution in [0.1, 0.15) is 10.4 Å². The van der Waals surface area contributed by atoms with Crippen molar-refractivity contribution in [2.45, 2.75) is 0 Å². The van der Waals surface area contributed by atoms with Crippen molar-refractivity contribution in [1.82, 2.24) is 9.97 Å². The van der Waals surface area contributed by atoms with Crippen LogP contribution in [-0.4, -0.2) is 21.0 Å². The number of aromatic nitrogens is 2. The van der Waals surface area contributed by atoms with E-state index < -0.39 is 5.97 Å². The van der Waals surface area contributed by atoms with E-state index in [1.54, 1.807) is 30.6 Å². The van der Waals surface area contributed by atoms with Gasteiger partial charge in [-0.2, -0.15) is 0 Å². The molecule has 6 heteroatoms. The zero-order valence-corrected chi connectivity index (χ0v) is 14.5. The van der Waals surface area contributed by atoms with Crippen LogP contribution in [0.15, 0.2) is 65.4 Å². The van der Waals surface area contributed by atoms with Crippen LogP contribution < -0.4 is 5.32 Å². The third kappa shape index (κ3) is 2.92. The number of nitrogens with zero attached hydrogens (tertiary/aromatic N) is 2. The maximum atomic E-state index is 11.3. The van der Waals surface area contributed by atoms with E-state index in [1.165, 1.54) is 0 Å². The van der Waals surface area contributed by atoms with Gasteiger partial charge in [-0.1, -0.05) is 22.0 Å². The first-order chi connectivity index (χ1) is 12.1. The van der Waals surface area contributed by atoms with E-state index in [-0.39, 0.29) is 5.56 Å². The molecular formula is C19H12BrN3O2. The number of pyridine rings is 2. The molecule has 5 nitrogen and oxygen atoms in total. The summed E-state index contributed by atoms with van der Waals surface area (Å²) in [6.07, 6.45) is 3.49. The third-order valence-electron chi connectivity index (χ3n) is 3.95. The van der Waals surface area contributed by atoms with Crippen LogP contribution in [0.4, 0.5) is 11.5 Å². The van der Waals surface area contributed by atoms with Crippen molar-refractivity contribution in [3.05, 3.63) is 71.0 Å². The summed E-state index contributed by atoms with van der Waals surface area (Å²) in [5.74, 6) is -0.313. The lowest BCUT2D eigenvalue weighted by molar-refractivity contribution is 0.0697. The first kappa shape index (κ1) is 15.5. The van der Waals surface area contributed by atoms with Crippen LogP contribution in [0.3, 0.4) is 0 Å². The highest BCUT2D eigenvalue weighted by molar-refractivity contribution is 9.10. The molecule has 0 saturated carbocycles. The van der Waals surface area contributed by atoms with Gasteiger partial charge in [-0.3, -0.25) is 4.98 Å². The first-order valence-corrected chi connectivity index (χ1v) is 8.34. The summed E-state index contributed by atoms with van der Waals surface area (Å²) in [5, 5.41) is 15.3. The summed E-state index contributed by atoms with van der Waals surface area (Å²) in [6.45, 7) is 0. The standard InChI is InChI=1S/C19H12BrN3O2/c20-12-2-4-13(5-3-12)22-18-15-7-8-21-10-16(15)14-6-1-11(19(24)25)9-17(14)23-18/h1-10H,(H,22,23)(H,24,25). The largest absolute Gasteiger partial charge is 0.478 e. The summed E-state index contributed by atoms with van der Waals surface area (Å²) >= 11 is 3.42. The number of rotatable bonds is 3. The maximum Gasteiger partial charge on any atom is 0.335 e. The van der Waals surface area contributed by atoms with Gasteiger partial charge in [-0.05, 0) is 42.5 Å². The fourth-order valence-corrected chi connectivity index (χ4v) is 3.01.